The fraction of sp³-hybridized carbons (Fsp3) is 0.105. The lowest BCUT2D eigenvalue weighted by Gasteiger charge is -2.09. The molecule has 0 fully saturated rings. The van der Waals surface area contributed by atoms with Crippen molar-refractivity contribution in [3.63, 3.8) is 0 Å². The topological polar surface area (TPSA) is 124 Å². The van der Waals surface area contributed by atoms with E-state index in [-0.39, 0.29) is 23.6 Å². The molecule has 0 amide bonds. The molecular formula is C19H17N5O3. The maximum Gasteiger partial charge on any atom is 0.287 e. The first kappa shape index (κ1) is 18.0. The number of anilines is 2. The molecule has 8 nitrogen and oxygen atoms in total. The quantitative estimate of drug-likeness (QED) is 0.375. The zero-order valence-corrected chi connectivity index (χ0v) is 14.3. The number of aromatic nitrogens is 2. The number of Topliss-reactive ketones (excluding diaryl/α,β-unsaturated/α-hetero) is 1. The van der Waals surface area contributed by atoms with Crippen LogP contribution in [0.5, 0.6) is 0 Å². The molecule has 2 heterocycles. The summed E-state index contributed by atoms with van der Waals surface area (Å²) in [5, 5.41) is 13.9. The van der Waals surface area contributed by atoms with E-state index in [9.17, 15) is 14.9 Å². The molecule has 0 aliphatic carbocycles. The van der Waals surface area contributed by atoms with Crippen LogP contribution in [0.3, 0.4) is 0 Å². The molecule has 136 valence electrons. The van der Waals surface area contributed by atoms with E-state index >= 15 is 0 Å². The van der Waals surface area contributed by atoms with Gasteiger partial charge >= 0.3 is 0 Å². The van der Waals surface area contributed by atoms with E-state index < -0.39 is 4.92 Å². The van der Waals surface area contributed by atoms with Crippen LogP contribution in [0.4, 0.5) is 17.2 Å². The van der Waals surface area contributed by atoms with Crippen LogP contribution in [0.25, 0.3) is 0 Å². The fourth-order valence-corrected chi connectivity index (χ4v) is 2.55. The highest BCUT2D eigenvalue weighted by atomic mass is 16.6. The molecule has 1 aromatic carbocycles. The Morgan fingerprint density at radius 1 is 1.11 bits per heavy atom. The van der Waals surface area contributed by atoms with Gasteiger partial charge in [-0.15, -0.1) is 0 Å². The molecule has 0 radical (unpaired) electrons. The van der Waals surface area contributed by atoms with Crippen LogP contribution in [-0.4, -0.2) is 20.7 Å². The van der Waals surface area contributed by atoms with Crippen molar-refractivity contribution >= 4 is 23.0 Å². The first-order valence-corrected chi connectivity index (χ1v) is 8.19. The van der Waals surface area contributed by atoms with Crippen LogP contribution < -0.4 is 11.1 Å². The van der Waals surface area contributed by atoms with Crippen LogP contribution in [0, 0.1) is 10.1 Å². The third-order valence-corrected chi connectivity index (χ3v) is 3.92. The summed E-state index contributed by atoms with van der Waals surface area (Å²) in [5.41, 5.74) is 8.43. The molecule has 0 aliphatic heterocycles. The van der Waals surface area contributed by atoms with Gasteiger partial charge in [0, 0.05) is 25.2 Å². The van der Waals surface area contributed by atoms with Crippen LogP contribution in [0.2, 0.25) is 0 Å². The summed E-state index contributed by atoms with van der Waals surface area (Å²) in [6.45, 7) is 0.535. The highest BCUT2D eigenvalue weighted by Gasteiger charge is 2.12. The molecule has 3 aromatic rings. The zero-order valence-electron chi connectivity index (χ0n) is 14.3. The van der Waals surface area contributed by atoms with Crippen LogP contribution in [-0.2, 0) is 13.0 Å². The van der Waals surface area contributed by atoms with Gasteiger partial charge in [0.25, 0.3) is 5.69 Å². The second kappa shape index (κ2) is 8.05. The van der Waals surface area contributed by atoms with Gasteiger partial charge in [-0.25, -0.2) is 9.97 Å². The summed E-state index contributed by atoms with van der Waals surface area (Å²) in [6.07, 6.45) is 2.87. The van der Waals surface area contributed by atoms with E-state index in [0.29, 0.717) is 12.4 Å². The monoisotopic (exact) mass is 363 g/mol. The lowest BCUT2D eigenvalue weighted by atomic mass is 10.0. The molecule has 0 spiro atoms. The molecule has 0 atom stereocenters. The number of benzene rings is 1. The summed E-state index contributed by atoms with van der Waals surface area (Å²) in [6, 6.07) is 13.9. The minimum Gasteiger partial charge on any atom is -0.382 e. The number of nitrogens with zero attached hydrogens (tertiary/aromatic N) is 3. The second-order valence-corrected chi connectivity index (χ2v) is 5.87. The third kappa shape index (κ3) is 4.63. The number of carbonyl (C=O) groups is 1. The lowest BCUT2D eigenvalue weighted by Crippen LogP contribution is -2.07. The van der Waals surface area contributed by atoms with Gasteiger partial charge in [-0.05, 0) is 29.3 Å². The number of nitro groups is 1. The van der Waals surface area contributed by atoms with E-state index in [4.69, 9.17) is 5.73 Å². The Labute approximate surface area is 155 Å². The molecule has 2 aromatic heterocycles. The standard InChI is InChI=1S/C19H17N5O3/c20-19-17(5-2-8-21-19)22-11-14-4-1-3-13(9-14)10-18(25)16-7-6-15(12-23-16)24(26)27/h1-9,12,22H,10-11H2,(H2,20,21). The van der Waals surface area contributed by atoms with Crippen LogP contribution in [0.1, 0.15) is 21.6 Å². The molecule has 0 unspecified atom stereocenters. The first-order chi connectivity index (χ1) is 13.0. The van der Waals surface area contributed by atoms with Gasteiger partial charge < -0.3 is 11.1 Å². The molecule has 0 aliphatic rings. The predicted octanol–water partition coefficient (Wildman–Crippen LogP) is 3.00. The smallest absolute Gasteiger partial charge is 0.287 e. The van der Waals surface area contributed by atoms with Crippen molar-refractivity contribution < 1.29 is 9.72 Å². The highest BCUT2D eigenvalue weighted by Crippen LogP contribution is 2.16. The predicted molar refractivity (Wildman–Crippen MR) is 101 cm³/mol. The number of nitrogens with two attached hydrogens (primary N) is 1. The van der Waals surface area contributed by atoms with Gasteiger partial charge in [-0.2, -0.15) is 0 Å². The molecule has 3 rings (SSSR count). The van der Waals surface area contributed by atoms with Crippen LogP contribution >= 0.6 is 0 Å². The molecule has 3 N–H and O–H groups in total. The Morgan fingerprint density at radius 2 is 1.93 bits per heavy atom. The van der Waals surface area contributed by atoms with E-state index in [1.807, 2.05) is 30.3 Å². The summed E-state index contributed by atoms with van der Waals surface area (Å²) >= 11 is 0. The number of hydrogen-bond acceptors (Lipinski definition) is 7. The fourth-order valence-electron chi connectivity index (χ4n) is 2.55. The second-order valence-electron chi connectivity index (χ2n) is 5.87. The first-order valence-electron chi connectivity index (χ1n) is 8.19. The number of hydrogen-bond donors (Lipinski definition) is 2. The molecule has 8 heteroatoms. The van der Waals surface area contributed by atoms with Crippen molar-refractivity contribution in [1.29, 1.82) is 0 Å². The number of ketones is 1. The summed E-state index contributed by atoms with van der Waals surface area (Å²) < 4.78 is 0. The molecular weight excluding hydrogens is 346 g/mol. The molecule has 0 saturated heterocycles. The van der Waals surface area contributed by atoms with Crippen molar-refractivity contribution in [2.45, 2.75) is 13.0 Å². The van der Waals surface area contributed by atoms with E-state index in [1.165, 1.54) is 12.1 Å². The van der Waals surface area contributed by atoms with Gasteiger partial charge in [0.2, 0.25) is 0 Å². The average Bonchev–Trinajstić information content (AvgIpc) is 2.68. The Kier molecular flexibility index (Phi) is 5.36. The summed E-state index contributed by atoms with van der Waals surface area (Å²) in [5.74, 6) is 0.222. The normalized spacial score (nSPS) is 10.4. The van der Waals surface area contributed by atoms with Gasteiger partial charge in [0.05, 0.1) is 10.6 Å². The Morgan fingerprint density at radius 3 is 2.63 bits per heavy atom. The average molecular weight is 363 g/mol. The maximum atomic E-state index is 12.4. The molecule has 0 bridgehead atoms. The Bertz CT molecular complexity index is 973. The van der Waals surface area contributed by atoms with Crippen molar-refractivity contribution in [2.24, 2.45) is 0 Å². The minimum atomic E-state index is -0.549. The zero-order chi connectivity index (χ0) is 19.2. The van der Waals surface area contributed by atoms with Crippen molar-refractivity contribution in [3.05, 3.63) is 87.9 Å². The van der Waals surface area contributed by atoms with Crippen molar-refractivity contribution in [3.8, 4) is 0 Å². The largest absolute Gasteiger partial charge is 0.382 e. The Balaban J connectivity index is 1.65. The van der Waals surface area contributed by atoms with Gasteiger partial charge in [-0.1, -0.05) is 24.3 Å². The van der Waals surface area contributed by atoms with Gasteiger partial charge in [-0.3, -0.25) is 14.9 Å². The number of rotatable bonds is 7. The summed E-state index contributed by atoms with van der Waals surface area (Å²) in [4.78, 5) is 30.4. The molecule has 0 saturated carbocycles. The number of pyridine rings is 2. The van der Waals surface area contributed by atoms with Crippen molar-refractivity contribution in [1.82, 2.24) is 9.97 Å². The number of nitrogens with one attached hydrogen (secondary N) is 1. The lowest BCUT2D eigenvalue weighted by molar-refractivity contribution is -0.385. The van der Waals surface area contributed by atoms with Gasteiger partial charge in [0.15, 0.2) is 5.78 Å². The summed E-state index contributed by atoms with van der Waals surface area (Å²) in [7, 11) is 0. The van der Waals surface area contributed by atoms with Gasteiger partial charge in [0.1, 0.15) is 17.7 Å². The third-order valence-electron chi connectivity index (χ3n) is 3.92. The Hall–Kier alpha value is -3.81. The van der Waals surface area contributed by atoms with E-state index in [2.05, 4.69) is 15.3 Å². The number of carbonyl (C=O) groups excluding carboxylic acids is 1. The van der Waals surface area contributed by atoms with Crippen molar-refractivity contribution in [2.75, 3.05) is 11.1 Å². The highest BCUT2D eigenvalue weighted by molar-refractivity contribution is 5.95. The van der Waals surface area contributed by atoms with E-state index in [0.717, 1.165) is 23.0 Å². The molecule has 27 heavy (non-hydrogen) atoms. The van der Waals surface area contributed by atoms with Crippen LogP contribution in [0.15, 0.2) is 60.9 Å². The maximum absolute atomic E-state index is 12.4. The SMILES string of the molecule is Nc1ncccc1NCc1cccc(CC(=O)c2ccc([N+](=O)[O-])cn2)c1. The minimum absolute atomic E-state index is 0.144. The van der Waals surface area contributed by atoms with E-state index in [1.54, 1.807) is 12.3 Å². The number of nitrogen functional groups attached to an aromatic ring is 1.